The molecule has 0 aliphatic rings. The molecule has 0 aliphatic carbocycles. The number of hydrogen-bond donors (Lipinski definition) is 4. The van der Waals surface area contributed by atoms with Gasteiger partial charge in [0.2, 0.25) is 0 Å². The van der Waals surface area contributed by atoms with Gasteiger partial charge in [-0.25, -0.2) is 14.4 Å². The summed E-state index contributed by atoms with van der Waals surface area (Å²) in [5, 5.41) is 13.8. The quantitative estimate of drug-likeness (QED) is 0.556. The molecule has 0 atom stereocenters. The zero-order valence-corrected chi connectivity index (χ0v) is 10.6. The average Bonchev–Trinajstić information content (AvgIpc) is 2.41. The molecule has 0 saturated heterocycles. The van der Waals surface area contributed by atoms with Gasteiger partial charge in [-0.15, -0.1) is 0 Å². The molecule has 5 N–H and O–H groups in total. The molecule has 0 spiro atoms. The van der Waals surface area contributed by atoms with E-state index in [9.17, 15) is 14.4 Å². The highest BCUT2D eigenvalue weighted by atomic mass is 16.5. The number of ether oxygens (including phenoxy) is 1. The van der Waals surface area contributed by atoms with Gasteiger partial charge in [0.1, 0.15) is 6.61 Å². The molecule has 8 nitrogen and oxygen atoms in total. The van der Waals surface area contributed by atoms with E-state index in [1.54, 1.807) is 12.1 Å². The molecule has 20 heavy (non-hydrogen) atoms. The maximum absolute atomic E-state index is 11.4. The Morgan fingerprint density at radius 2 is 2.00 bits per heavy atom. The van der Waals surface area contributed by atoms with Gasteiger partial charge in [0.25, 0.3) is 0 Å². The van der Waals surface area contributed by atoms with Gasteiger partial charge in [0, 0.05) is 6.54 Å². The minimum atomic E-state index is -1.03. The number of benzene rings is 1. The number of carboxylic acid groups (broad SMARTS) is 1. The first-order valence-corrected chi connectivity index (χ1v) is 5.75. The number of hydrogen-bond acceptors (Lipinski definition) is 4. The van der Waals surface area contributed by atoms with Crippen molar-refractivity contribution in [3.05, 3.63) is 35.4 Å². The summed E-state index contributed by atoms with van der Waals surface area (Å²) in [7, 11) is 0. The maximum Gasteiger partial charge on any atom is 0.404 e. The summed E-state index contributed by atoms with van der Waals surface area (Å²) in [4.78, 5) is 32.4. The average molecular weight is 281 g/mol. The van der Waals surface area contributed by atoms with Crippen LogP contribution in [0.4, 0.5) is 9.59 Å². The molecule has 0 bridgehead atoms. The Kier molecular flexibility index (Phi) is 5.82. The van der Waals surface area contributed by atoms with Crippen LogP contribution in [-0.4, -0.2) is 36.4 Å². The summed E-state index contributed by atoms with van der Waals surface area (Å²) < 4.78 is 4.43. The van der Waals surface area contributed by atoms with Crippen LogP contribution in [-0.2, 0) is 11.3 Å². The van der Waals surface area contributed by atoms with E-state index in [1.165, 1.54) is 12.1 Å². The topological polar surface area (TPSA) is 131 Å². The normalized spacial score (nSPS) is 9.60. The number of carbonyl (C=O) groups excluding carboxylic acids is 2. The third kappa shape index (κ3) is 5.71. The van der Waals surface area contributed by atoms with Crippen molar-refractivity contribution in [1.82, 2.24) is 10.6 Å². The van der Waals surface area contributed by atoms with Crippen LogP contribution in [0.5, 0.6) is 0 Å². The number of nitrogens with one attached hydrogen (secondary N) is 2. The lowest BCUT2D eigenvalue weighted by atomic mass is 10.1. The molecular formula is C12H15N3O5. The minimum Gasteiger partial charge on any atom is -0.478 e. The molecule has 8 heteroatoms. The van der Waals surface area contributed by atoms with E-state index in [2.05, 4.69) is 15.4 Å². The number of amides is 3. The first kappa shape index (κ1) is 15.3. The number of urea groups is 1. The Balaban J connectivity index is 2.32. The van der Waals surface area contributed by atoms with Crippen molar-refractivity contribution in [1.29, 1.82) is 0 Å². The molecule has 0 heterocycles. The second-order valence-corrected chi connectivity index (χ2v) is 3.78. The standard InChI is InChI=1S/C12H15N3O5/c13-11(18)20-5-4-14-12(19)15-7-8-2-1-3-9(6-8)10(16)17/h1-3,6H,4-5,7H2,(H2,13,18)(H,16,17)(H2,14,15,19). The lowest BCUT2D eigenvalue weighted by Crippen LogP contribution is -2.37. The monoisotopic (exact) mass is 281 g/mol. The molecule has 0 unspecified atom stereocenters. The van der Waals surface area contributed by atoms with Crippen molar-refractivity contribution in [2.45, 2.75) is 6.54 Å². The van der Waals surface area contributed by atoms with Gasteiger partial charge in [-0.1, -0.05) is 12.1 Å². The van der Waals surface area contributed by atoms with E-state index in [0.29, 0.717) is 5.56 Å². The fourth-order valence-corrected chi connectivity index (χ4v) is 1.38. The highest BCUT2D eigenvalue weighted by Crippen LogP contribution is 2.04. The lowest BCUT2D eigenvalue weighted by Gasteiger charge is -2.08. The zero-order valence-electron chi connectivity index (χ0n) is 10.6. The first-order chi connectivity index (χ1) is 9.49. The third-order valence-electron chi connectivity index (χ3n) is 2.26. The Labute approximate surface area is 114 Å². The number of primary amides is 1. The molecule has 0 fully saturated rings. The summed E-state index contributed by atoms with van der Waals surface area (Å²) in [5.74, 6) is -1.03. The number of carboxylic acids is 1. The van der Waals surface area contributed by atoms with Crippen LogP contribution in [0.1, 0.15) is 15.9 Å². The van der Waals surface area contributed by atoms with Crippen LogP contribution in [0.25, 0.3) is 0 Å². The van der Waals surface area contributed by atoms with E-state index in [0.717, 1.165) is 0 Å². The number of carbonyl (C=O) groups is 3. The van der Waals surface area contributed by atoms with Crippen molar-refractivity contribution in [3.63, 3.8) is 0 Å². The second-order valence-electron chi connectivity index (χ2n) is 3.78. The predicted molar refractivity (Wildman–Crippen MR) is 69.2 cm³/mol. The van der Waals surface area contributed by atoms with Crippen LogP contribution < -0.4 is 16.4 Å². The van der Waals surface area contributed by atoms with Gasteiger partial charge in [-0.2, -0.15) is 0 Å². The van der Waals surface area contributed by atoms with Crippen LogP contribution in [0, 0.1) is 0 Å². The molecule has 3 amide bonds. The Morgan fingerprint density at radius 3 is 2.65 bits per heavy atom. The first-order valence-electron chi connectivity index (χ1n) is 5.75. The molecule has 108 valence electrons. The van der Waals surface area contributed by atoms with Gasteiger partial charge in [-0.3, -0.25) is 0 Å². The Bertz CT molecular complexity index is 504. The smallest absolute Gasteiger partial charge is 0.404 e. The summed E-state index contributed by atoms with van der Waals surface area (Å²) >= 11 is 0. The van der Waals surface area contributed by atoms with Crippen molar-refractivity contribution >= 4 is 18.1 Å². The van der Waals surface area contributed by atoms with Gasteiger partial charge in [0.15, 0.2) is 0 Å². The van der Waals surface area contributed by atoms with Gasteiger partial charge in [0.05, 0.1) is 12.1 Å². The van der Waals surface area contributed by atoms with Gasteiger partial charge >= 0.3 is 18.1 Å². The van der Waals surface area contributed by atoms with Crippen molar-refractivity contribution in [2.75, 3.05) is 13.2 Å². The van der Waals surface area contributed by atoms with E-state index < -0.39 is 18.1 Å². The molecule has 1 rings (SSSR count). The van der Waals surface area contributed by atoms with Crippen molar-refractivity contribution < 1.29 is 24.2 Å². The van der Waals surface area contributed by atoms with Gasteiger partial charge in [-0.05, 0) is 17.7 Å². The fraction of sp³-hybridized carbons (Fsp3) is 0.250. The minimum absolute atomic E-state index is 0.0166. The number of rotatable bonds is 6. The van der Waals surface area contributed by atoms with Crippen LogP contribution >= 0.6 is 0 Å². The van der Waals surface area contributed by atoms with Crippen molar-refractivity contribution in [2.24, 2.45) is 5.73 Å². The summed E-state index contributed by atoms with van der Waals surface area (Å²) in [6.45, 7) is 0.296. The molecule has 1 aromatic rings. The second kappa shape index (κ2) is 7.62. The van der Waals surface area contributed by atoms with E-state index in [1.807, 2.05) is 0 Å². The molecule has 1 aromatic carbocycles. The van der Waals surface area contributed by atoms with Gasteiger partial charge < -0.3 is 26.2 Å². The van der Waals surface area contributed by atoms with E-state index in [4.69, 9.17) is 10.8 Å². The molecule has 0 aliphatic heterocycles. The lowest BCUT2D eigenvalue weighted by molar-refractivity contribution is 0.0696. The SMILES string of the molecule is NC(=O)OCCNC(=O)NCc1cccc(C(=O)O)c1. The Morgan fingerprint density at radius 1 is 1.25 bits per heavy atom. The van der Waals surface area contributed by atoms with Crippen molar-refractivity contribution in [3.8, 4) is 0 Å². The molecular weight excluding hydrogens is 266 g/mol. The largest absolute Gasteiger partial charge is 0.478 e. The summed E-state index contributed by atoms with van der Waals surface area (Å²) in [6, 6.07) is 5.77. The van der Waals surface area contributed by atoms with E-state index in [-0.39, 0.29) is 25.3 Å². The van der Waals surface area contributed by atoms with Crippen LogP contribution in [0.15, 0.2) is 24.3 Å². The third-order valence-corrected chi connectivity index (χ3v) is 2.26. The predicted octanol–water partition coefficient (Wildman–Crippen LogP) is 0.279. The molecule has 0 saturated carbocycles. The molecule has 0 radical (unpaired) electrons. The maximum atomic E-state index is 11.4. The number of aromatic carboxylic acids is 1. The zero-order chi connectivity index (χ0) is 15.0. The van der Waals surface area contributed by atoms with Crippen LogP contribution in [0.2, 0.25) is 0 Å². The highest BCUT2D eigenvalue weighted by Gasteiger charge is 2.04. The fourth-order valence-electron chi connectivity index (χ4n) is 1.38. The number of nitrogens with two attached hydrogens (primary N) is 1. The summed E-state index contributed by atoms with van der Waals surface area (Å²) in [6.07, 6.45) is -0.905. The van der Waals surface area contributed by atoms with Crippen LogP contribution in [0.3, 0.4) is 0 Å². The Hall–Kier alpha value is -2.77. The summed E-state index contributed by atoms with van der Waals surface area (Å²) in [5.41, 5.74) is 5.56. The highest BCUT2D eigenvalue weighted by molar-refractivity contribution is 5.87. The van der Waals surface area contributed by atoms with E-state index >= 15 is 0 Å². The molecule has 0 aromatic heterocycles.